The van der Waals surface area contributed by atoms with Crippen LogP contribution < -0.4 is 5.32 Å². The van der Waals surface area contributed by atoms with Gasteiger partial charge in [0.1, 0.15) is 0 Å². The standard InChI is InChI=1S/C12H16N2O3/c15-12(16)11-8(5-7-1-2-7)9-6-13-4-3-10(9)14(11)17/h7,13,17H,1-6H2,(H,15,16). The molecule has 3 N–H and O–H groups in total. The second-order valence-electron chi connectivity index (χ2n) is 4.94. The molecule has 1 fully saturated rings. The van der Waals surface area contributed by atoms with Gasteiger partial charge >= 0.3 is 5.97 Å². The second kappa shape index (κ2) is 3.77. The van der Waals surface area contributed by atoms with Crippen molar-refractivity contribution in [1.82, 2.24) is 10.0 Å². The molecule has 5 heteroatoms. The van der Waals surface area contributed by atoms with Crippen LogP contribution in [0.1, 0.15) is 40.2 Å². The second-order valence-corrected chi connectivity index (χ2v) is 4.94. The van der Waals surface area contributed by atoms with Gasteiger partial charge in [-0.25, -0.2) is 4.79 Å². The maximum Gasteiger partial charge on any atom is 0.356 e. The van der Waals surface area contributed by atoms with Gasteiger partial charge in [-0.3, -0.25) is 0 Å². The number of carboxylic acids is 1. The molecular weight excluding hydrogens is 220 g/mol. The number of aromatic nitrogens is 1. The SMILES string of the molecule is O=C(O)c1c(CC2CC2)c2c(n1O)CCNC2. The summed E-state index contributed by atoms with van der Waals surface area (Å²) in [7, 11) is 0. The van der Waals surface area contributed by atoms with Gasteiger partial charge in [0, 0.05) is 19.5 Å². The van der Waals surface area contributed by atoms with Crippen LogP contribution in [-0.4, -0.2) is 27.6 Å². The van der Waals surface area contributed by atoms with Crippen LogP contribution in [0, 0.1) is 5.92 Å². The van der Waals surface area contributed by atoms with Crippen LogP contribution in [0.5, 0.6) is 0 Å². The largest absolute Gasteiger partial charge is 0.476 e. The Balaban J connectivity index is 2.10. The van der Waals surface area contributed by atoms with Gasteiger partial charge in [-0.15, -0.1) is 0 Å². The van der Waals surface area contributed by atoms with Crippen molar-refractivity contribution in [3.63, 3.8) is 0 Å². The van der Waals surface area contributed by atoms with Gasteiger partial charge in [-0.1, -0.05) is 0 Å². The van der Waals surface area contributed by atoms with Crippen LogP contribution in [0.4, 0.5) is 0 Å². The summed E-state index contributed by atoms with van der Waals surface area (Å²) >= 11 is 0. The van der Waals surface area contributed by atoms with Crippen LogP contribution in [0.2, 0.25) is 0 Å². The summed E-state index contributed by atoms with van der Waals surface area (Å²) in [4.78, 5) is 11.3. The van der Waals surface area contributed by atoms with Gasteiger partial charge in [0.05, 0.1) is 5.69 Å². The fourth-order valence-electron chi connectivity index (χ4n) is 2.64. The van der Waals surface area contributed by atoms with Gasteiger partial charge in [0.15, 0.2) is 5.69 Å². The Kier molecular flexibility index (Phi) is 2.36. The fraction of sp³-hybridized carbons (Fsp3) is 0.583. The number of fused-ring (bicyclic) bond motifs is 1. The molecule has 0 saturated heterocycles. The molecule has 1 aromatic rings. The Hall–Kier alpha value is -1.49. The van der Waals surface area contributed by atoms with E-state index in [-0.39, 0.29) is 5.69 Å². The van der Waals surface area contributed by atoms with Gasteiger partial charge in [-0.2, -0.15) is 4.73 Å². The molecule has 0 bridgehead atoms. The molecular formula is C12H16N2O3. The zero-order chi connectivity index (χ0) is 12.0. The lowest BCUT2D eigenvalue weighted by Crippen LogP contribution is -2.25. The fourth-order valence-corrected chi connectivity index (χ4v) is 2.64. The summed E-state index contributed by atoms with van der Waals surface area (Å²) in [5, 5.41) is 22.4. The molecule has 0 radical (unpaired) electrons. The van der Waals surface area contributed by atoms with E-state index >= 15 is 0 Å². The summed E-state index contributed by atoms with van der Waals surface area (Å²) in [6.07, 6.45) is 3.84. The lowest BCUT2D eigenvalue weighted by molar-refractivity contribution is 0.0638. The molecule has 0 aromatic carbocycles. The first-order valence-corrected chi connectivity index (χ1v) is 6.07. The minimum Gasteiger partial charge on any atom is -0.476 e. The first-order chi connectivity index (χ1) is 8.18. The van der Waals surface area contributed by atoms with E-state index in [0.717, 1.165) is 34.5 Å². The third-order valence-corrected chi connectivity index (χ3v) is 3.70. The third kappa shape index (κ3) is 1.70. The highest BCUT2D eigenvalue weighted by Gasteiger charge is 2.32. The third-order valence-electron chi connectivity index (χ3n) is 3.70. The summed E-state index contributed by atoms with van der Waals surface area (Å²) in [6.45, 7) is 1.46. The van der Waals surface area contributed by atoms with Crippen molar-refractivity contribution in [3.05, 3.63) is 22.5 Å². The van der Waals surface area contributed by atoms with Crippen molar-refractivity contribution in [2.45, 2.75) is 32.2 Å². The molecule has 2 aliphatic rings. The van der Waals surface area contributed by atoms with E-state index in [1.54, 1.807) is 0 Å². The number of hydrogen-bond acceptors (Lipinski definition) is 3. The Labute approximate surface area is 99.0 Å². The normalized spacial score (nSPS) is 19.1. The van der Waals surface area contributed by atoms with Gasteiger partial charge < -0.3 is 15.6 Å². The van der Waals surface area contributed by atoms with E-state index in [0.29, 0.717) is 18.9 Å². The quantitative estimate of drug-likeness (QED) is 0.685. The molecule has 2 heterocycles. The van der Waals surface area contributed by atoms with E-state index in [9.17, 15) is 15.1 Å². The zero-order valence-corrected chi connectivity index (χ0v) is 9.57. The minimum atomic E-state index is -1.03. The Morgan fingerprint density at radius 2 is 2.24 bits per heavy atom. The molecule has 92 valence electrons. The van der Waals surface area contributed by atoms with Crippen molar-refractivity contribution in [2.75, 3.05) is 6.54 Å². The number of rotatable bonds is 3. The first-order valence-electron chi connectivity index (χ1n) is 6.07. The number of aromatic carboxylic acids is 1. The highest BCUT2D eigenvalue weighted by Crippen LogP contribution is 2.36. The van der Waals surface area contributed by atoms with Crippen molar-refractivity contribution < 1.29 is 15.1 Å². The summed E-state index contributed by atoms with van der Waals surface area (Å²) in [5.74, 6) is -0.418. The smallest absolute Gasteiger partial charge is 0.356 e. The highest BCUT2D eigenvalue weighted by atomic mass is 16.5. The van der Waals surface area contributed by atoms with E-state index in [4.69, 9.17) is 0 Å². The molecule has 5 nitrogen and oxygen atoms in total. The lowest BCUT2D eigenvalue weighted by Gasteiger charge is -2.14. The Morgan fingerprint density at radius 1 is 1.47 bits per heavy atom. The van der Waals surface area contributed by atoms with E-state index < -0.39 is 5.97 Å². The zero-order valence-electron chi connectivity index (χ0n) is 9.57. The van der Waals surface area contributed by atoms with Gasteiger partial charge in [0.25, 0.3) is 0 Å². The first kappa shape index (κ1) is 10.7. The molecule has 1 aliphatic carbocycles. The van der Waals surface area contributed by atoms with Crippen molar-refractivity contribution >= 4 is 5.97 Å². The van der Waals surface area contributed by atoms with Crippen LogP contribution in [0.25, 0.3) is 0 Å². The van der Waals surface area contributed by atoms with Crippen LogP contribution in [-0.2, 0) is 19.4 Å². The van der Waals surface area contributed by atoms with E-state index in [2.05, 4.69) is 5.32 Å². The van der Waals surface area contributed by atoms with Crippen LogP contribution in [0.15, 0.2) is 0 Å². The lowest BCUT2D eigenvalue weighted by atomic mass is 9.99. The molecule has 1 aliphatic heterocycles. The van der Waals surface area contributed by atoms with Crippen molar-refractivity contribution in [3.8, 4) is 0 Å². The highest BCUT2D eigenvalue weighted by molar-refractivity contribution is 5.88. The van der Waals surface area contributed by atoms with Gasteiger partial charge in [-0.05, 0) is 36.3 Å². The molecule has 3 rings (SSSR count). The maximum absolute atomic E-state index is 11.3. The number of nitrogens with one attached hydrogen (secondary N) is 1. The van der Waals surface area contributed by atoms with Gasteiger partial charge in [0.2, 0.25) is 0 Å². The van der Waals surface area contributed by atoms with Crippen molar-refractivity contribution in [1.29, 1.82) is 0 Å². The molecule has 0 unspecified atom stereocenters. The molecule has 1 saturated carbocycles. The number of hydrogen-bond donors (Lipinski definition) is 3. The molecule has 17 heavy (non-hydrogen) atoms. The average Bonchev–Trinajstić information content (AvgIpc) is 3.06. The molecule has 0 spiro atoms. The predicted octanol–water partition coefficient (Wildman–Crippen LogP) is 1.02. The Bertz CT molecular complexity index is 475. The molecule has 1 aromatic heterocycles. The van der Waals surface area contributed by atoms with Crippen molar-refractivity contribution in [2.24, 2.45) is 5.92 Å². The monoisotopic (exact) mass is 236 g/mol. The van der Waals surface area contributed by atoms with Crippen LogP contribution in [0.3, 0.4) is 0 Å². The topological polar surface area (TPSA) is 74.5 Å². The maximum atomic E-state index is 11.3. The number of carboxylic acid groups (broad SMARTS) is 1. The summed E-state index contributed by atoms with van der Waals surface area (Å²) in [6, 6.07) is 0. The van der Waals surface area contributed by atoms with E-state index in [1.165, 1.54) is 12.8 Å². The molecule has 0 amide bonds. The number of carbonyl (C=O) groups is 1. The number of nitrogens with zero attached hydrogens (tertiary/aromatic N) is 1. The summed E-state index contributed by atoms with van der Waals surface area (Å²) in [5.41, 5.74) is 2.69. The summed E-state index contributed by atoms with van der Waals surface area (Å²) < 4.78 is 0.899. The Morgan fingerprint density at radius 3 is 2.88 bits per heavy atom. The predicted molar refractivity (Wildman–Crippen MR) is 60.4 cm³/mol. The average molecular weight is 236 g/mol. The molecule has 0 atom stereocenters. The minimum absolute atomic E-state index is 0.0746. The van der Waals surface area contributed by atoms with Crippen LogP contribution >= 0.6 is 0 Å². The van der Waals surface area contributed by atoms with E-state index in [1.807, 2.05) is 0 Å².